The number of aryl methyl sites for hydroxylation is 2. The van der Waals surface area contributed by atoms with Crippen LogP contribution in [-0.4, -0.2) is 13.7 Å². The van der Waals surface area contributed by atoms with Crippen molar-refractivity contribution in [1.29, 1.82) is 0 Å². The monoisotopic (exact) mass is 233 g/mol. The van der Waals surface area contributed by atoms with Gasteiger partial charge in [-0.1, -0.05) is 32.6 Å². The largest absolute Gasteiger partial charge is 0.487 e. The van der Waals surface area contributed by atoms with E-state index in [0.29, 0.717) is 12.5 Å². The number of rotatable bonds is 5. The van der Waals surface area contributed by atoms with Crippen LogP contribution in [0.15, 0.2) is 24.4 Å². The van der Waals surface area contributed by atoms with E-state index in [1.165, 1.54) is 16.7 Å². The summed E-state index contributed by atoms with van der Waals surface area (Å²) in [5.41, 5.74) is 4.63. The molecule has 0 atom stereocenters. The van der Waals surface area contributed by atoms with Gasteiger partial charge in [0.05, 0.1) is 0 Å². The summed E-state index contributed by atoms with van der Waals surface area (Å²) in [5.74, 6) is 1.53. The predicted octanol–water partition coefficient (Wildman–Crippen LogP) is 3.54. The van der Waals surface area contributed by atoms with E-state index in [4.69, 9.17) is 4.74 Å². The minimum atomic E-state index is 0.513. The molecule has 0 saturated heterocycles. The molecule has 94 valence electrons. The van der Waals surface area contributed by atoms with Gasteiger partial charge in [-0.05, 0) is 36.5 Å². The lowest BCUT2D eigenvalue weighted by Gasteiger charge is -2.16. The second kappa shape index (κ2) is 5.76. The van der Waals surface area contributed by atoms with Crippen LogP contribution >= 0.6 is 0 Å². The molecule has 0 radical (unpaired) electrons. The molecule has 0 saturated carbocycles. The molecular weight excluding hydrogens is 210 g/mol. The third kappa shape index (κ3) is 3.52. The van der Waals surface area contributed by atoms with Gasteiger partial charge in [-0.3, -0.25) is 0 Å². The second-order valence-electron chi connectivity index (χ2n) is 4.78. The van der Waals surface area contributed by atoms with Crippen LogP contribution in [0.3, 0.4) is 0 Å². The molecule has 0 fully saturated rings. The summed E-state index contributed by atoms with van der Waals surface area (Å²) in [6.45, 7) is 13.0. The van der Waals surface area contributed by atoms with Crippen LogP contribution in [-0.2, 0) is 0 Å². The van der Waals surface area contributed by atoms with E-state index in [1.54, 1.807) is 0 Å². The average Bonchev–Trinajstić information content (AvgIpc) is 2.27. The first-order valence-electron chi connectivity index (χ1n) is 6.05. The molecule has 0 aromatic heterocycles. The molecule has 0 amide bonds. The van der Waals surface area contributed by atoms with Gasteiger partial charge >= 0.3 is 0 Å². The van der Waals surface area contributed by atoms with Gasteiger partial charge in [-0.2, -0.15) is 0 Å². The molecule has 2 nitrogen and oxygen atoms in total. The standard InChI is InChI=1S/C15H23NO/c1-10(2)14-7-11(3)15(12(4)8-14)17-9-13(5)16-6/h7-8,10,16H,5,9H2,1-4,6H3. The highest BCUT2D eigenvalue weighted by molar-refractivity contribution is 5.44. The van der Waals surface area contributed by atoms with Gasteiger partial charge in [0, 0.05) is 12.7 Å². The lowest BCUT2D eigenvalue weighted by molar-refractivity contribution is 0.340. The number of ether oxygens (including phenoxy) is 1. The van der Waals surface area contributed by atoms with E-state index in [0.717, 1.165) is 11.4 Å². The van der Waals surface area contributed by atoms with Gasteiger partial charge in [-0.15, -0.1) is 0 Å². The van der Waals surface area contributed by atoms with Crippen LogP contribution in [0.4, 0.5) is 0 Å². The number of hydrogen-bond donors (Lipinski definition) is 1. The van der Waals surface area contributed by atoms with Crippen molar-refractivity contribution in [2.45, 2.75) is 33.6 Å². The molecule has 2 heteroatoms. The number of benzene rings is 1. The fourth-order valence-corrected chi connectivity index (χ4v) is 1.78. The maximum Gasteiger partial charge on any atom is 0.127 e. The van der Waals surface area contributed by atoms with Crippen LogP contribution < -0.4 is 10.1 Å². The van der Waals surface area contributed by atoms with Crippen LogP contribution in [0, 0.1) is 13.8 Å². The molecule has 1 aromatic rings. The SMILES string of the molecule is C=C(COc1c(C)cc(C(C)C)cc1C)NC. The van der Waals surface area contributed by atoms with E-state index >= 15 is 0 Å². The molecular formula is C15H23NO. The van der Waals surface area contributed by atoms with Crippen LogP contribution in [0.2, 0.25) is 0 Å². The molecule has 0 unspecified atom stereocenters. The Kier molecular flexibility index (Phi) is 4.62. The Hall–Kier alpha value is -1.44. The van der Waals surface area contributed by atoms with Gasteiger partial charge in [-0.25, -0.2) is 0 Å². The van der Waals surface area contributed by atoms with Gasteiger partial charge in [0.15, 0.2) is 0 Å². The summed E-state index contributed by atoms with van der Waals surface area (Å²) in [4.78, 5) is 0. The van der Waals surface area contributed by atoms with E-state index in [2.05, 4.69) is 51.7 Å². The molecule has 1 rings (SSSR count). The lowest BCUT2D eigenvalue weighted by atomic mass is 9.98. The third-order valence-corrected chi connectivity index (χ3v) is 2.89. The van der Waals surface area contributed by atoms with Gasteiger partial charge < -0.3 is 10.1 Å². The Morgan fingerprint density at radius 3 is 2.24 bits per heavy atom. The zero-order chi connectivity index (χ0) is 13.0. The number of nitrogens with one attached hydrogen (secondary N) is 1. The molecule has 17 heavy (non-hydrogen) atoms. The van der Waals surface area contributed by atoms with Crippen molar-refractivity contribution in [1.82, 2.24) is 5.32 Å². The van der Waals surface area contributed by atoms with Crippen molar-refractivity contribution in [3.8, 4) is 5.75 Å². The normalized spacial score (nSPS) is 10.5. The highest BCUT2D eigenvalue weighted by Gasteiger charge is 2.08. The smallest absolute Gasteiger partial charge is 0.127 e. The van der Waals surface area contributed by atoms with Gasteiger partial charge in [0.1, 0.15) is 12.4 Å². The third-order valence-electron chi connectivity index (χ3n) is 2.89. The molecule has 0 bridgehead atoms. The first kappa shape index (κ1) is 13.6. The zero-order valence-electron chi connectivity index (χ0n) is 11.6. The first-order chi connectivity index (χ1) is 7.95. The van der Waals surface area contributed by atoms with Gasteiger partial charge in [0.2, 0.25) is 0 Å². The van der Waals surface area contributed by atoms with Crippen molar-refractivity contribution >= 4 is 0 Å². The van der Waals surface area contributed by atoms with Crippen molar-refractivity contribution in [2.75, 3.05) is 13.7 Å². The molecule has 1 aromatic carbocycles. The minimum Gasteiger partial charge on any atom is -0.487 e. The molecule has 0 spiro atoms. The summed E-state index contributed by atoms with van der Waals surface area (Å²) in [7, 11) is 1.85. The quantitative estimate of drug-likeness (QED) is 0.840. The lowest BCUT2D eigenvalue weighted by Crippen LogP contribution is -2.13. The Morgan fingerprint density at radius 1 is 1.29 bits per heavy atom. The van der Waals surface area contributed by atoms with Crippen LogP contribution in [0.5, 0.6) is 5.75 Å². The average molecular weight is 233 g/mol. The van der Waals surface area contributed by atoms with E-state index < -0.39 is 0 Å². The zero-order valence-corrected chi connectivity index (χ0v) is 11.6. The Bertz CT molecular complexity index is 384. The van der Waals surface area contributed by atoms with Crippen LogP contribution in [0.25, 0.3) is 0 Å². The van der Waals surface area contributed by atoms with Crippen molar-refractivity contribution in [3.05, 3.63) is 41.1 Å². The first-order valence-corrected chi connectivity index (χ1v) is 6.05. The van der Waals surface area contributed by atoms with Crippen molar-refractivity contribution < 1.29 is 4.74 Å². The maximum absolute atomic E-state index is 5.79. The van der Waals surface area contributed by atoms with Crippen molar-refractivity contribution in [2.24, 2.45) is 0 Å². The predicted molar refractivity (Wildman–Crippen MR) is 73.7 cm³/mol. The number of hydrogen-bond acceptors (Lipinski definition) is 2. The highest BCUT2D eigenvalue weighted by Crippen LogP contribution is 2.28. The fraction of sp³-hybridized carbons (Fsp3) is 0.467. The molecule has 0 heterocycles. The highest BCUT2D eigenvalue weighted by atomic mass is 16.5. The summed E-state index contributed by atoms with van der Waals surface area (Å²) < 4.78 is 5.79. The fourth-order valence-electron chi connectivity index (χ4n) is 1.78. The van der Waals surface area contributed by atoms with E-state index in [-0.39, 0.29) is 0 Å². The summed E-state index contributed by atoms with van der Waals surface area (Å²) in [5, 5.41) is 2.98. The molecule has 0 aliphatic heterocycles. The maximum atomic E-state index is 5.79. The van der Waals surface area contributed by atoms with E-state index in [1.807, 2.05) is 7.05 Å². The Morgan fingerprint density at radius 2 is 1.82 bits per heavy atom. The molecule has 1 N–H and O–H groups in total. The van der Waals surface area contributed by atoms with E-state index in [9.17, 15) is 0 Å². The summed E-state index contributed by atoms with van der Waals surface area (Å²) in [6.07, 6.45) is 0. The summed E-state index contributed by atoms with van der Waals surface area (Å²) >= 11 is 0. The topological polar surface area (TPSA) is 21.3 Å². The Labute approximate surface area is 105 Å². The van der Waals surface area contributed by atoms with Crippen LogP contribution in [0.1, 0.15) is 36.5 Å². The minimum absolute atomic E-state index is 0.513. The van der Waals surface area contributed by atoms with Gasteiger partial charge in [0.25, 0.3) is 0 Å². The second-order valence-corrected chi connectivity index (χ2v) is 4.78. The number of likely N-dealkylation sites (N-methyl/N-ethyl adjacent to an activating group) is 1. The Balaban J connectivity index is 2.90. The summed E-state index contributed by atoms with van der Waals surface area (Å²) in [6, 6.07) is 4.41. The molecule has 0 aliphatic carbocycles. The van der Waals surface area contributed by atoms with Crippen molar-refractivity contribution in [3.63, 3.8) is 0 Å². The molecule has 0 aliphatic rings.